The van der Waals surface area contributed by atoms with Gasteiger partial charge in [0.15, 0.2) is 5.16 Å². The zero-order valence-electron chi connectivity index (χ0n) is 10.5. The molecular weight excluding hydrogens is 252 g/mol. The minimum absolute atomic E-state index is 0.391. The second-order valence-electron chi connectivity index (χ2n) is 4.30. The van der Waals surface area contributed by atoms with Gasteiger partial charge in [-0.05, 0) is 12.8 Å². The van der Waals surface area contributed by atoms with Gasteiger partial charge in [0.05, 0.1) is 7.11 Å². The summed E-state index contributed by atoms with van der Waals surface area (Å²) in [6.07, 6.45) is 4.54. The van der Waals surface area contributed by atoms with Crippen LogP contribution in [0.15, 0.2) is 5.16 Å². The Labute approximate surface area is 110 Å². The molecule has 6 nitrogen and oxygen atoms in total. The standard InChI is InChI=1S/C11H18N4O2S/c1-17-10(16)8(12)7-18-11-14-13-9-5-3-2-4-6-15(9)11/h8H,2-7,12H2,1H3. The number of carbonyl (C=O) groups excluding carboxylic acids is 1. The topological polar surface area (TPSA) is 83.0 Å². The van der Waals surface area contributed by atoms with E-state index in [-0.39, 0.29) is 0 Å². The molecule has 0 fully saturated rings. The Hall–Kier alpha value is -1.08. The molecule has 2 heterocycles. The van der Waals surface area contributed by atoms with E-state index < -0.39 is 12.0 Å². The van der Waals surface area contributed by atoms with Crippen molar-refractivity contribution in [1.29, 1.82) is 0 Å². The molecule has 0 bridgehead atoms. The molecule has 0 spiro atoms. The maximum atomic E-state index is 11.2. The predicted octanol–water partition coefficient (Wildman–Crippen LogP) is 0.597. The van der Waals surface area contributed by atoms with Crippen LogP contribution in [-0.2, 0) is 22.5 Å². The van der Waals surface area contributed by atoms with Crippen molar-refractivity contribution >= 4 is 17.7 Å². The highest BCUT2D eigenvalue weighted by Gasteiger charge is 2.18. The maximum absolute atomic E-state index is 11.2. The fraction of sp³-hybridized carbons (Fsp3) is 0.727. The third-order valence-corrected chi connectivity index (χ3v) is 4.06. The van der Waals surface area contributed by atoms with Crippen molar-refractivity contribution in [3.8, 4) is 0 Å². The van der Waals surface area contributed by atoms with E-state index in [0.717, 1.165) is 30.4 Å². The molecule has 1 aliphatic rings. The summed E-state index contributed by atoms with van der Waals surface area (Å²) in [6, 6.07) is -0.612. The first-order valence-electron chi connectivity index (χ1n) is 6.10. The quantitative estimate of drug-likeness (QED) is 0.637. The molecule has 0 aromatic carbocycles. The first kappa shape index (κ1) is 13.4. The van der Waals surface area contributed by atoms with E-state index >= 15 is 0 Å². The van der Waals surface area contributed by atoms with E-state index in [1.807, 2.05) is 0 Å². The summed E-state index contributed by atoms with van der Waals surface area (Å²) >= 11 is 1.47. The molecule has 100 valence electrons. The van der Waals surface area contributed by atoms with E-state index in [0.29, 0.717) is 5.75 Å². The molecule has 1 atom stereocenters. The van der Waals surface area contributed by atoms with Crippen molar-refractivity contribution < 1.29 is 9.53 Å². The number of esters is 1. The molecule has 1 aliphatic heterocycles. The normalized spacial score (nSPS) is 16.8. The van der Waals surface area contributed by atoms with Gasteiger partial charge in [0, 0.05) is 18.7 Å². The average molecular weight is 270 g/mol. The van der Waals surface area contributed by atoms with Gasteiger partial charge in [-0.3, -0.25) is 4.79 Å². The lowest BCUT2D eigenvalue weighted by atomic mass is 10.2. The first-order valence-corrected chi connectivity index (χ1v) is 7.09. The number of aryl methyl sites for hydroxylation is 1. The maximum Gasteiger partial charge on any atom is 0.323 e. The zero-order valence-corrected chi connectivity index (χ0v) is 11.3. The van der Waals surface area contributed by atoms with Gasteiger partial charge in [-0.1, -0.05) is 18.2 Å². The fourth-order valence-corrected chi connectivity index (χ4v) is 2.86. The van der Waals surface area contributed by atoms with Crippen LogP contribution in [-0.4, -0.2) is 39.6 Å². The van der Waals surface area contributed by atoms with Crippen LogP contribution in [0.5, 0.6) is 0 Å². The Bertz CT molecular complexity index is 421. The number of hydrogen-bond donors (Lipinski definition) is 1. The van der Waals surface area contributed by atoms with Crippen molar-refractivity contribution in [1.82, 2.24) is 14.8 Å². The minimum Gasteiger partial charge on any atom is -0.468 e. The van der Waals surface area contributed by atoms with E-state index in [1.54, 1.807) is 0 Å². The third-order valence-electron chi connectivity index (χ3n) is 2.97. The van der Waals surface area contributed by atoms with Gasteiger partial charge < -0.3 is 15.0 Å². The number of nitrogens with two attached hydrogens (primary N) is 1. The van der Waals surface area contributed by atoms with Crippen molar-refractivity contribution in [3.05, 3.63) is 5.82 Å². The van der Waals surface area contributed by atoms with Gasteiger partial charge in [0.2, 0.25) is 0 Å². The summed E-state index contributed by atoms with van der Waals surface area (Å²) in [5.41, 5.74) is 5.70. The highest BCUT2D eigenvalue weighted by Crippen LogP contribution is 2.22. The van der Waals surface area contributed by atoms with Gasteiger partial charge in [-0.2, -0.15) is 0 Å². The Morgan fingerprint density at radius 3 is 3.11 bits per heavy atom. The molecule has 1 aromatic heterocycles. The van der Waals surface area contributed by atoms with Crippen LogP contribution in [0.3, 0.4) is 0 Å². The molecule has 2 rings (SSSR count). The molecule has 2 N–H and O–H groups in total. The molecule has 7 heteroatoms. The summed E-state index contributed by atoms with van der Waals surface area (Å²) < 4.78 is 6.73. The smallest absolute Gasteiger partial charge is 0.323 e. The highest BCUT2D eigenvalue weighted by atomic mass is 32.2. The van der Waals surface area contributed by atoms with Gasteiger partial charge in [0.25, 0.3) is 0 Å². The van der Waals surface area contributed by atoms with Crippen LogP contribution in [0.1, 0.15) is 25.1 Å². The van der Waals surface area contributed by atoms with Crippen LogP contribution in [0, 0.1) is 0 Å². The summed E-state index contributed by atoms with van der Waals surface area (Å²) in [4.78, 5) is 11.2. The van der Waals surface area contributed by atoms with Gasteiger partial charge >= 0.3 is 5.97 Å². The lowest BCUT2D eigenvalue weighted by Crippen LogP contribution is -2.33. The number of thioether (sulfide) groups is 1. The van der Waals surface area contributed by atoms with Crippen LogP contribution in [0.4, 0.5) is 0 Å². The van der Waals surface area contributed by atoms with Crippen molar-refractivity contribution in [2.24, 2.45) is 5.73 Å². The van der Waals surface area contributed by atoms with E-state index in [1.165, 1.54) is 31.7 Å². The molecule has 0 amide bonds. The lowest BCUT2D eigenvalue weighted by Gasteiger charge is -2.09. The van der Waals surface area contributed by atoms with E-state index in [9.17, 15) is 4.79 Å². The molecule has 0 aliphatic carbocycles. The third kappa shape index (κ3) is 3.02. The van der Waals surface area contributed by atoms with Crippen LogP contribution < -0.4 is 5.73 Å². The second-order valence-corrected chi connectivity index (χ2v) is 5.29. The number of ether oxygens (including phenoxy) is 1. The van der Waals surface area contributed by atoms with Crippen LogP contribution >= 0.6 is 11.8 Å². The van der Waals surface area contributed by atoms with Crippen LogP contribution in [0.25, 0.3) is 0 Å². The molecule has 18 heavy (non-hydrogen) atoms. The number of hydrogen-bond acceptors (Lipinski definition) is 6. The summed E-state index contributed by atoms with van der Waals surface area (Å²) in [7, 11) is 1.34. The minimum atomic E-state index is -0.612. The summed E-state index contributed by atoms with van der Waals surface area (Å²) in [6.45, 7) is 0.956. The zero-order chi connectivity index (χ0) is 13.0. The number of carbonyl (C=O) groups is 1. The van der Waals surface area contributed by atoms with Crippen molar-refractivity contribution in [2.75, 3.05) is 12.9 Å². The van der Waals surface area contributed by atoms with Gasteiger partial charge in [0.1, 0.15) is 11.9 Å². The van der Waals surface area contributed by atoms with E-state index in [4.69, 9.17) is 5.73 Å². The average Bonchev–Trinajstić information content (AvgIpc) is 2.62. The molecule has 1 unspecified atom stereocenters. The summed E-state index contributed by atoms with van der Waals surface area (Å²) in [5, 5.41) is 9.21. The molecule has 1 aromatic rings. The monoisotopic (exact) mass is 270 g/mol. The molecule has 0 radical (unpaired) electrons. The lowest BCUT2D eigenvalue weighted by molar-refractivity contribution is -0.141. The SMILES string of the molecule is COC(=O)C(N)CSc1nnc2n1CCCCC2. The molecule has 0 saturated carbocycles. The number of aromatic nitrogens is 3. The first-order chi connectivity index (χ1) is 8.72. The highest BCUT2D eigenvalue weighted by molar-refractivity contribution is 7.99. The molecule has 0 saturated heterocycles. The largest absolute Gasteiger partial charge is 0.468 e. The fourth-order valence-electron chi connectivity index (χ4n) is 1.95. The van der Waals surface area contributed by atoms with Gasteiger partial charge in [-0.15, -0.1) is 10.2 Å². The Kier molecular flexibility index (Phi) is 4.60. The van der Waals surface area contributed by atoms with Gasteiger partial charge in [-0.25, -0.2) is 0 Å². The number of fused-ring (bicyclic) bond motifs is 1. The number of methoxy groups -OCH3 is 1. The summed E-state index contributed by atoms with van der Waals surface area (Å²) in [5.74, 6) is 1.12. The number of nitrogens with zero attached hydrogens (tertiary/aromatic N) is 3. The number of rotatable bonds is 4. The second kappa shape index (κ2) is 6.19. The van der Waals surface area contributed by atoms with E-state index in [2.05, 4.69) is 19.5 Å². The van der Waals surface area contributed by atoms with Crippen molar-refractivity contribution in [2.45, 2.75) is 43.4 Å². The van der Waals surface area contributed by atoms with Crippen molar-refractivity contribution in [3.63, 3.8) is 0 Å². The predicted molar refractivity (Wildman–Crippen MR) is 68.3 cm³/mol. The Balaban J connectivity index is 1.98. The molecular formula is C11H18N4O2S. The Morgan fingerprint density at radius 1 is 1.50 bits per heavy atom. The van der Waals surface area contributed by atoms with Crippen LogP contribution in [0.2, 0.25) is 0 Å². The Morgan fingerprint density at radius 2 is 2.33 bits per heavy atom.